The van der Waals surface area contributed by atoms with Crippen molar-refractivity contribution in [2.45, 2.75) is 10.0 Å². The molecule has 0 fully saturated rings. The van der Waals surface area contributed by atoms with Crippen LogP contribution >= 0.6 is 24.8 Å². The maximum atomic E-state index is 2.47. The van der Waals surface area contributed by atoms with Gasteiger partial charge < -0.3 is 0 Å². The topological polar surface area (TPSA) is 3.24 Å². The van der Waals surface area contributed by atoms with E-state index < -0.39 is 21.3 Å². The van der Waals surface area contributed by atoms with Crippen molar-refractivity contribution in [1.82, 2.24) is 0 Å². The summed E-state index contributed by atoms with van der Waals surface area (Å²) in [5, 5.41) is 0. The van der Waals surface area contributed by atoms with Crippen molar-refractivity contribution < 1.29 is 21.3 Å². The quantitative estimate of drug-likeness (QED) is 0.222. The van der Waals surface area contributed by atoms with Gasteiger partial charge in [-0.3, -0.25) is 0 Å². The van der Waals surface area contributed by atoms with E-state index in [0.717, 1.165) is 6.42 Å². The summed E-state index contributed by atoms with van der Waals surface area (Å²) in [5.74, 6) is 0. The van der Waals surface area contributed by atoms with Crippen LogP contribution in [0.25, 0.3) is 11.1 Å². The van der Waals surface area contributed by atoms with Gasteiger partial charge in [0, 0.05) is 0 Å². The first-order valence-electron chi connectivity index (χ1n) is 12.3. The van der Waals surface area contributed by atoms with Gasteiger partial charge in [-0.15, -0.1) is 24.8 Å². The molecule has 2 aliphatic carbocycles. The largest absolute Gasteiger partial charge is 0.147 e. The molecule has 2 aliphatic rings. The molecule has 1 unspecified atom stereocenters. The van der Waals surface area contributed by atoms with Crippen LogP contribution < -0.4 is 4.90 Å². The Morgan fingerprint density at radius 1 is 0.703 bits per heavy atom. The number of fused-ring (bicyclic) bond motifs is 3. The van der Waals surface area contributed by atoms with E-state index in [-0.39, 0.29) is 24.8 Å². The summed E-state index contributed by atoms with van der Waals surface area (Å²) in [7, 11) is 4.29. The molecule has 1 atom stereocenters. The van der Waals surface area contributed by atoms with Gasteiger partial charge in [0.15, 0.2) is 0 Å². The zero-order valence-electron chi connectivity index (χ0n) is 21.1. The first-order valence-corrected chi connectivity index (χ1v) is 16.2. The molecule has 0 radical (unpaired) electrons. The Kier molecular flexibility index (Phi) is 8.86. The summed E-state index contributed by atoms with van der Waals surface area (Å²) in [6, 6.07) is 38.6. The van der Waals surface area contributed by atoms with E-state index in [0.29, 0.717) is 3.63 Å². The van der Waals surface area contributed by atoms with Gasteiger partial charge in [-0.1, -0.05) is 0 Å². The molecule has 0 aliphatic heterocycles. The van der Waals surface area contributed by atoms with Crippen LogP contribution in [0.3, 0.4) is 0 Å². The molecule has 4 heteroatoms. The van der Waals surface area contributed by atoms with Gasteiger partial charge >= 0.3 is 217 Å². The van der Waals surface area contributed by atoms with E-state index in [2.05, 4.69) is 140 Å². The van der Waals surface area contributed by atoms with E-state index in [4.69, 9.17) is 0 Å². The molecule has 0 saturated heterocycles. The third-order valence-electron chi connectivity index (χ3n) is 7.22. The predicted octanol–water partition coefficient (Wildman–Crippen LogP) is 8.40. The van der Waals surface area contributed by atoms with Gasteiger partial charge in [-0.2, -0.15) is 0 Å². The van der Waals surface area contributed by atoms with Crippen LogP contribution in [0.2, 0.25) is 0 Å². The Bertz CT molecular complexity index is 1450. The number of nitrogens with zero attached hydrogens (tertiary/aromatic N) is 1. The molecule has 4 aromatic rings. The number of anilines is 1. The number of halogens is 2. The zero-order chi connectivity index (χ0) is 23.8. The molecule has 186 valence electrons. The van der Waals surface area contributed by atoms with Crippen LogP contribution in [0.5, 0.6) is 0 Å². The maximum Gasteiger partial charge on any atom is -0.147 e. The van der Waals surface area contributed by atoms with Crippen LogP contribution in [0.15, 0.2) is 125 Å². The van der Waals surface area contributed by atoms with Crippen LogP contribution in [0.4, 0.5) is 5.69 Å². The molecule has 1 nitrogen and oxygen atoms in total. The summed E-state index contributed by atoms with van der Waals surface area (Å²) in [6.45, 7) is 0. The summed E-state index contributed by atoms with van der Waals surface area (Å²) in [4.78, 5) is 2.23. The Morgan fingerprint density at radius 2 is 1.30 bits per heavy atom. The standard InChI is InChI=1S/C15H14N.C13H10.C5H5.2ClH.Zr/c1-16(2)13-7-8-15-12(10-13)9-11-5-3-4-6-14(11)15;1-3-7-12(8-4-1)11-13-9-5-2-6-10-13;1-2-4-5-3-1;;;/h3-10H,1-2H3;1-10H;1-3H,4H2;2*1H;. The van der Waals surface area contributed by atoms with Crippen molar-refractivity contribution >= 4 is 33.7 Å². The minimum Gasteiger partial charge on any atom is -0.147 e. The molecule has 0 aromatic heterocycles. The molecular formula is C33H31Cl2NZr. The number of benzene rings is 4. The van der Waals surface area contributed by atoms with Gasteiger partial charge in [-0.25, -0.2) is 0 Å². The van der Waals surface area contributed by atoms with E-state index in [1.54, 1.807) is 6.49 Å². The Balaban J connectivity index is 0.00000160. The second kappa shape index (κ2) is 11.9. The SMILES string of the molecule is CN(C)c1ccc2c(c1)[CH]([Zr]([C]1=CC=CC1)=[C](c1ccccc1)c1ccccc1)c1ccccc1-2.Cl.Cl. The van der Waals surface area contributed by atoms with Crippen molar-refractivity contribution in [1.29, 1.82) is 0 Å². The summed E-state index contributed by atoms with van der Waals surface area (Å²) in [6.07, 6.45) is 8.15. The van der Waals surface area contributed by atoms with Crippen molar-refractivity contribution in [3.8, 4) is 11.1 Å². The summed E-state index contributed by atoms with van der Waals surface area (Å²) in [5.41, 5.74) is 9.92. The van der Waals surface area contributed by atoms with Gasteiger partial charge in [0.25, 0.3) is 0 Å². The third-order valence-corrected chi connectivity index (χ3v) is 15.5. The van der Waals surface area contributed by atoms with Crippen molar-refractivity contribution in [2.75, 3.05) is 19.0 Å². The first kappa shape index (κ1) is 27.5. The normalized spacial score (nSPS) is 14.5. The zero-order valence-corrected chi connectivity index (χ0v) is 25.2. The first-order chi connectivity index (χ1) is 17.2. The molecule has 0 heterocycles. The van der Waals surface area contributed by atoms with Crippen LogP contribution in [-0.2, 0) is 21.3 Å². The van der Waals surface area contributed by atoms with Gasteiger partial charge in [-0.05, 0) is 0 Å². The number of rotatable bonds is 5. The average Bonchev–Trinajstić information content (AvgIpc) is 3.55. The minimum atomic E-state index is -2.55. The predicted molar refractivity (Wildman–Crippen MR) is 160 cm³/mol. The summed E-state index contributed by atoms with van der Waals surface area (Å²) < 4.78 is 3.73. The Labute approximate surface area is 240 Å². The average molecular weight is 604 g/mol. The molecule has 0 saturated carbocycles. The van der Waals surface area contributed by atoms with Crippen LogP contribution in [-0.4, -0.2) is 17.3 Å². The molecule has 0 bridgehead atoms. The van der Waals surface area contributed by atoms with Crippen LogP contribution in [0, 0.1) is 0 Å². The van der Waals surface area contributed by atoms with E-state index in [9.17, 15) is 0 Å². The van der Waals surface area contributed by atoms with Gasteiger partial charge in [0.05, 0.1) is 0 Å². The second-order valence-electron chi connectivity index (χ2n) is 9.53. The number of allylic oxidation sites excluding steroid dienone is 4. The summed E-state index contributed by atoms with van der Waals surface area (Å²) >= 11 is -2.55. The minimum absolute atomic E-state index is 0. The fourth-order valence-corrected chi connectivity index (χ4v) is 14.6. The van der Waals surface area contributed by atoms with E-state index >= 15 is 0 Å². The van der Waals surface area contributed by atoms with Crippen molar-refractivity contribution in [3.05, 3.63) is 147 Å². The fourth-order valence-electron chi connectivity index (χ4n) is 5.61. The molecule has 0 amide bonds. The fraction of sp³-hybridized carbons (Fsp3) is 0.121. The van der Waals surface area contributed by atoms with E-state index in [1.165, 1.54) is 39.1 Å². The Hall–Kier alpha value is -2.51. The second-order valence-corrected chi connectivity index (χ2v) is 15.8. The van der Waals surface area contributed by atoms with Gasteiger partial charge in [0.1, 0.15) is 0 Å². The molecular weight excluding hydrogens is 573 g/mol. The number of hydrogen-bond acceptors (Lipinski definition) is 1. The molecule has 6 rings (SSSR count). The molecule has 4 aromatic carbocycles. The Morgan fingerprint density at radius 3 is 1.89 bits per heavy atom. The molecule has 0 N–H and O–H groups in total. The third kappa shape index (κ3) is 5.13. The monoisotopic (exact) mass is 601 g/mol. The smallest absolute Gasteiger partial charge is 0.147 e. The molecule has 37 heavy (non-hydrogen) atoms. The van der Waals surface area contributed by atoms with E-state index in [1.807, 2.05) is 0 Å². The van der Waals surface area contributed by atoms with Crippen molar-refractivity contribution in [2.24, 2.45) is 0 Å². The maximum absolute atomic E-state index is 2.55. The van der Waals surface area contributed by atoms with Crippen molar-refractivity contribution in [3.63, 3.8) is 0 Å². The molecule has 0 spiro atoms. The number of hydrogen-bond donors (Lipinski definition) is 0. The van der Waals surface area contributed by atoms with Crippen LogP contribution in [0.1, 0.15) is 32.3 Å². The van der Waals surface area contributed by atoms with Gasteiger partial charge in [0.2, 0.25) is 0 Å².